The Kier molecular flexibility index (Phi) is 17.7. The summed E-state index contributed by atoms with van der Waals surface area (Å²) in [6.45, 7) is 4.14. The van der Waals surface area contributed by atoms with Crippen molar-refractivity contribution in [3.63, 3.8) is 0 Å². The van der Waals surface area contributed by atoms with E-state index >= 15 is 0 Å². The molecule has 2 heterocycles. The standard InChI is InChI=1S/C18H38.C9H13N3O5/c1-3-5-7-9-11-13-15-17-18-16-14-12-10-8-6-4-2;10-5-1-2-12(9(16)11-5)8-7(15)6(14)4(3-13)17-8/h3-18H2,1-2H3;1-2,4,6-8,13-15H,3H2,(H2,10,11,16)/t;4-,6-,7+,8-/m.1/s1. The van der Waals surface area contributed by atoms with E-state index in [1.807, 2.05) is 0 Å². The van der Waals surface area contributed by atoms with Crippen molar-refractivity contribution in [1.29, 1.82) is 0 Å². The Hall–Kier alpha value is -1.48. The second kappa shape index (κ2) is 19.7. The van der Waals surface area contributed by atoms with Gasteiger partial charge >= 0.3 is 5.69 Å². The van der Waals surface area contributed by atoms with Gasteiger partial charge in [0.1, 0.15) is 24.1 Å². The molecule has 0 aliphatic carbocycles. The van der Waals surface area contributed by atoms with Gasteiger partial charge in [-0.25, -0.2) is 4.79 Å². The van der Waals surface area contributed by atoms with Gasteiger partial charge < -0.3 is 25.8 Å². The number of rotatable bonds is 17. The van der Waals surface area contributed by atoms with Crippen LogP contribution in [-0.2, 0) is 4.74 Å². The lowest BCUT2D eigenvalue weighted by Gasteiger charge is -2.16. The summed E-state index contributed by atoms with van der Waals surface area (Å²) >= 11 is 0. The lowest BCUT2D eigenvalue weighted by atomic mass is 10.0. The highest BCUT2D eigenvalue weighted by atomic mass is 16.6. The molecular weight excluding hydrogens is 446 g/mol. The zero-order valence-corrected chi connectivity index (χ0v) is 22.1. The number of nitrogens with two attached hydrogens (primary N) is 1. The van der Waals surface area contributed by atoms with Crippen LogP contribution in [0, 0.1) is 0 Å². The number of aromatic nitrogens is 2. The van der Waals surface area contributed by atoms with Crippen molar-refractivity contribution in [3.8, 4) is 0 Å². The largest absolute Gasteiger partial charge is 0.394 e. The van der Waals surface area contributed by atoms with E-state index in [2.05, 4.69) is 18.8 Å². The van der Waals surface area contributed by atoms with E-state index in [0.717, 1.165) is 4.57 Å². The Balaban J connectivity index is 0.000000350. The monoisotopic (exact) mass is 497 g/mol. The number of hydrogen-bond donors (Lipinski definition) is 4. The Labute approximate surface area is 211 Å². The number of ether oxygens (including phenoxy) is 1. The highest BCUT2D eigenvalue weighted by Crippen LogP contribution is 2.27. The zero-order chi connectivity index (χ0) is 25.9. The maximum Gasteiger partial charge on any atom is 0.351 e. The van der Waals surface area contributed by atoms with Crippen LogP contribution in [0.4, 0.5) is 5.82 Å². The first-order valence-electron chi connectivity index (χ1n) is 13.9. The number of unbranched alkanes of at least 4 members (excludes halogenated alkanes) is 15. The molecule has 8 nitrogen and oxygen atoms in total. The number of anilines is 1. The van der Waals surface area contributed by atoms with Gasteiger partial charge in [-0.3, -0.25) is 4.57 Å². The number of aliphatic hydroxyl groups is 3. The van der Waals surface area contributed by atoms with Crippen LogP contribution < -0.4 is 11.4 Å². The van der Waals surface area contributed by atoms with E-state index in [0.29, 0.717) is 0 Å². The van der Waals surface area contributed by atoms with Gasteiger partial charge in [0.25, 0.3) is 0 Å². The number of aliphatic hydroxyl groups excluding tert-OH is 3. The van der Waals surface area contributed by atoms with Crippen LogP contribution in [0.5, 0.6) is 0 Å². The molecule has 1 saturated heterocycles. The molecule has 0 aromatic carbocycles. The Morgan fingerprint density at radius 1 is 0.829 bits per heavy atom. The molecule has 0 unspecified atom stereocenters. The highest BCUT2D eigenvalue weighted by molar-refractivity contribution is 5.23. The van der Waals surface area contributed by atoms with Crippen LogP contribution in [-0.4, -0.2) is 49.8 Å². The molecule has 35 heavy (non-hydrogen) atoms. The van der Waals surface area contributed by atoms with Crippen molar-refractivity contribution in [1.82, 2.24) is 9.55 Å². The summed E-state index contributed by atoms with van der Waals surface area (Å²) in [5.74, 6) is 0.0537. The van der Waals surface area contributed by atoms with Gasteiger partial charge in [0.2, 0.25) is 0 Å². The smallest absolute Gasteiger partial charge is 0.351 e. The molecule has 1 aliphatic heterocycles. The molecule has 4 atom stereocenters. The zero-order valence-electron chi connectivity index (χ0n) is 22.1. The third-order valence-electron chi connectivity index (χ3n) is 6.60. The first-order valence-corrected chi connectivity index (χ1v) is 13.9. The summed E-state index contributed by atoms with van der Waals surface area (Å²) in [6.07, 6.45) is 20.1. The van der Waals surface area contributed by atoms with Gasteiger partial charge in [0, 0.05) is 6.20 Å². The molecule has 0 bridgehead atoms. The normalized spacial score (nSPS) is 21.6. The average molecular weight is 498 g/mol. The van der Waals surface area contributed by atoms with Crippen molar-refractivity contribution >= 4 is 5.82 Å². The summed E-state index contributed by atoms with van der Waals surface area (Å²) in [4.78, 5) is 15.0. The van der Waals surface area contributed by atoms with Gasteiger partial charge in [-0.15, -0.1) is 0 Å². The molecule has 8 heteroatoms. The lowest BCUT2D eigenvalue weighted by Crippen LogP contribution is -2.36. The van der Waals surface area contributed by atoms with Crippen LogP contribution in [0.2, 0.25) is 0 Å². The summed E-state index contributed by atoms with van der Waals surface area (Å²) < 4.78 is 6.19. The molecule has 2 rings (SSSR count). The fraction of sp³-hybridized carbons (Fsp3) is 0.852. The van der Waals surface area contributed by atoms with E-state index in [1.54, 1.807) is 0 Å². The van der Waals surface area contributed by atoms with Gasteiger partial charge in [-0.05, 0) is 6.07 Å². The highest BCUT2D eigenvalue weighted by Gasteiger charge is 2.43. The fourth-order valence-electron chi connectivity index (χ4n) is 4.35. The molecule has 0 spiro atoms. The molecule has 0 saturated carbocycles. The van der Waals surface area contributed by atoms with Crippen molar-refractivity contribution < 1.29 is 20.1 Å². The van der Waals surface area contributed by atoms with Gasteiger partial charge in [0.05, 0.1) is 6.61 Å². The average Bonchev–Trinajstić information content (AvgIpc) is 3.13. The second-order valence-electron chi connectivity index (χ2n) is 9.72. The maximum atomic E-state index is 11.5. The molecule has 0 radical (unpaired) electrons. The first-order chi connectivity index (χ1) is 17.0. The molecule has 204 valence electrons. The second-order valence-corrected chi connectivity index (χ2v) is 9.72. The SMILES string of the molecule is CCCCCCCCCCCCCCCCCC.Nc1ccn([C@@H]2O[C@H](CO)[C@@H](O)[C@@H]2O)c(=O)n1. The Morgan fingerprint density at radius 2 is 1.26 bits per heavy atom. The topological polar surface area (TPSA) is 131 Å². The minimum Gasteiger partial charge on any atom is -0.394 e. The van der Waals surface area contributed by atoms with Crippen molar-refractivity contribution in [2.45, 2.75) is 141 Å². The summed E-state index contributed by atoms with van der Waals surface area (Å²) in [5.41, 5.74) is 4.63. The van der Waals surface area contributed by atoms with Crippen LogP contribution in [0.3, 0.4) is 0 Å². The van der Waals surface area contributed by atoms with Crippen LogP contribution >= 0.6 is 0 Å². The maximum absolute atomic E-state index is 11.5. The van der Waals surface area contributed by atoms with Gasteiger partial charge in [0.15, 0.2) is 6.23 Å². The number of nitrogens with zero attached hydrogens (tertiary/aromatic N) is 2. The molecule has 1 fully saturated rings. The Morgan fingerprint density at radius 3 is 1.60 bits per heavy atom. The van der Waals surface area contributed by atoms with Crippen LogP contribution in [0.25, 0.3) is 0 Å². The minimum atomic E-state index is -1.31. The number of hydrogen-bond acceptors (Lipinski definition) is 7. The van der Waals surface area contributed by atoms with E-state index in [-0.39, 0.29) is 5.82 Å². The Bertz CT molecular complexity index is 684. The molecule has 1 aromatic heterocycles. The third kappa shape index (κ3) is 12.9. The summed E-state index contributed by atoms with van der Waals surface area (Å²) in [6, 6.07) is 1.37. The molecule has 1 aromatic rings. The predicted octanol–water partition coefficient (Wildman–Crippen LogP) is 4.70. The lowest BCUT2D eigenvalue weighted by molar-refractivity contribution is -0.0549. The first kappa shape index (κ1) is 31.5. The van der Waals surface area contributed by atoms with Crippen LogP contribution in [0.1, 0.15) is 123 Å². The van der Waals surface area contributed by atoms with E-state index in [4.69, 9.17) is 15.6 Å². The van der Waals surface area contributed by atoms with E-state index in [9.17, 15) is 15.0 Å². The summed E-state index contributed by atoms with van der Waals surface area (Å²) in [5, 5.41) is 28.2. The molecule has 1 aliphatic rings. The summed E-state index contributed by atoms with van der Waals surface area (Å²) in [7, 11) is 0. The van der Waals surface area contributed by atoms with Crippen molar-refractivity contribution in [2.75, 3.05) is 12.3 Å². The van der Waals surface area contributed by atoms with Crippen molar-refractivity contribution in [2.24, 2.45) is 0 Å². The predicted molar refractivity (Wildman–Crippen MR) is 141 cm³/mol. The minimum absolute atomic E-state index is 0.0537. The van der Waals surface area contributed by atoms with E-state index in [1.165, 1.54) is 115 Å². The molecule has 0 amide bonds. The molecular formula is C27H51N3O5. The fourth-order valence-corrected chi connectivity index (χ4v) is 4.35. The van der Waals surface area contributed by atoms with Crippen molar-refractivity contribution in [3.05, 3.63) is 22.7 Å². The van der Waals surface area contributed by atoms with Crippen LogP contribution in [0.15, 0.2) is 17.1 Å². The molecule has 5 N–H and O–H groups in total. The third-order valence-corrected chi connectivity index (χ3v) is 6.60. The number of nitrogen functional groups attached to an aromatic ring is 1. The quantitative estimate of drug-likeness (QED) is 0.229. The van der Waals surface area contributed by atoms with Gasteiger partial charge in [-0.1, -0.05) is 117 Å². The van der Waals surface area contributed by atoms with Gasteiger partial charge in [-0.2, -0.15) is 4.98 Å². The van der Waals surface area contributed by atoms with E-state index < -0.39 is 36.8 Å².